The molecule has 0 spiro atoms. The van der Waals surface area contributed by atoms with Gasteiger partial charge in [0.25, 0.3) is 5.89 Å². The van der Waals surface area contributed by atoms with E-state index in [0.717, 1.165) is 11.1 Å². The van der Waals surface area contributed by atoms with Crippen LogP contribution in [0.25, 0.3) is 16.4 Å². The molecule has 0 saturated heterocycles. The fourth-order valence-electron chi connectivity index (χ4n) is 2.42. The van der Waals surface area contributed by atoms with Gasteiger partial charge in [0.15, 0.2) is 21.9 Å². The molecule has 4 rings (SSSR count). The first-order valence-corrected chi connectivity index (χ1v) is 9.01. The van der Waals surface area contributed by atoms with Gasteiger partial charge in [0.05, 0.1) is 0 Å². The van der Waals surface area contributed by atoms with E-state index in [4.69, 9.17) is 20.8 Å². The molecule has 3 heterocycles. The number of carbonyl (C=O) groups is 1. The number of halogens is 1. The molecule has 0 aliphatic heterocycles. The molecule has 4 aromatic rings. The van der Waals surface area contributed by atoms with Crippen molar-refractivity contribution >= 4 is 33.9 Å². The molecule has 0 amide bonds. The molecule has 9 heteroatoms. The Labute approximate surface area is 157 Å². The molecule has 3 aromatic heterocycles. The summed E-state index contributed by atoms with van der Waals surface area (Å²) < 4.78 is 12.7. The Balaban J connectivity index is 1.54. The van der Waals surface area contributed by atoms with Gasteiger partial charge in [-0.05, 0) is 26.0 Å². The summed E-state index contributed by atoms with van der Waals surface area (Å²) in [6.45, 7) is 3.65. The molecule has 1 atom stereocenters. The molecule has 0 fully saturated rings. The van der Waals surface area contributed by atoms with E-state index in [1.165, 1.54) is 11.3 Å². The highest BCUT2D eigenvalue weighted by Gasteiger charge is 2.25. The van der Waals surface area contributed by atoms with Gasteiger partial charge in [0.1, 0.15) is 0 Å². The summed E-state index contributed by atoms with van der Waals surface area (Å²) in [5, 5.41) is 9.90. The van der Waals surface area contributed by atoms with Crippen LogP contribution >= 0.6 is 22.9 Å². The number of carbonyl (C=O) groups excluding carboxylic acids is 1. The Morgan fingerprint density at radius 1 is 1.31 bits per heavy atom. The van der Waals surface area contributed by atoms with Crippen LogP contribution in [0.15, 0.2) is 40.3 Å². The summed E-state index contributed by atoms with van der Waals surface area (Å²) in [5.41, 5.74) is 2.10. The predicted octanol–water partition coefficient (Wildman–Crippen LogP) is 4.33. The maximum Gasteiger partial charge on any atom is 0.359 e. The summed E-state index contributed by atoms with van der Waals surface area (Å²) in [4.78, 5) is 17.2. The minimum absolute atomic E-state index is 0.0972. The van der Waals surface area contributed by atoms with Crippen molar-refractivity contribution < 1.29 is 13.9 Å². The minimum atomic E-state index is -0.727. The zero-order valence-electron chi connectivity index (χ0n) is 13.8. The van der Waals surface area contributed by atoms with Crippen molar-refractivity contribution in [3.63, 3.8) is 0 Å². The summed E-state index contributed by atoms with van der Waals surface area (Å²) in [6, 6.07) is 7.69. The van der Waals surface area contributed by atoms with Crippen molar-refractivity contribution in [1.29, 1.82) is 0 Å². The van der Waals surface area contributed by atoms with E-state index in [1.54, 1.807) is 17.5 Å². The van der Waals surface area contributed by atoms with Crippen LogP contribution in [0.1, 0.15) is 35.0 Å². The first-order valence-electron chi connectivity index (χ1n) is 7.75. The molecule has 0 N–H and O–H groups in total. The van der Waals surface area contributed by atoms with Crippen LogP contribution < -0.4 is 0 Å². The number of imidazole rings is 1. The van der Waals surface area contributed by atoms with Gasteiger partial charge in [-0.2, -0.15) is 0 Å². The Morgan fingerprint density at radius 2 is 2.08 bits per heavy atom. The van der Waals surface area contributed by atoms with E-state index in [0.29, 0.717) is 10.9 Å². The Hall–Kier alpha value is -2.71. The first kappa shape index (κ1) is 16.7. The van der Waals surface area contributed by atoms with Gasteiger partial charge in [-0.25, -0.2) is 9.78 Å². The number of aromatic nitrogens is 4. The SMILES string of the molecule is Cc1ccc(-c2nnc([C@@H](C)OC(=O)c3c(Cl)nc4sccn34)o2)cc1. The summed E-state index contributed by atoms with van der Waals surface area (Å²) in [5.74, 6) is -0.0369. The third-order valence-corrected chi connectivity index (χ3v) is 4.80. The number of nitrogens with zero attached hydrogens (tertiary/aromatic N) is 4. The number of hydrogen-bond acceptors (Lipinski definition) is 7. The molecule has 7 nitrogen and oxygen atoms in total. The number of thiazole rings is 1. The van der Waals surface area contributed by atoms with Crippen molar-refractivity contribution in [2.45, 2.75) is 20.0 Å². The monoisotopic (exact) mass is 388 g/mol. The van der Waals surface area contributed by atoms with Crippen LogP contribution in [0.3, 0.4) is 0 Å². The maximum atomic E-state index is 12.5. The van der Waals surface area contributed by atoms with Gasteiger partial charge in [0, 0.05) is 17.1 Å². The van der Waals surface area contributed by atoms with Crippen LogP contribution in [-0.2, 0) is 4.74 Å². The second kappa shape index (κ2) is 6.54. The quantitative estimate of drug-likeness (QED) is 0.484. The highest BCUT2D eigenvalue weighted by Crippen LogP contribution is 2.26. The number of aryl methyl sites for hydroxylation is 1. The molecule has 0 saturated carbocycles. The standard InChI is InChI=1S/C17H13ClN4O3S/c1-9-3-5-11(6-4-9)15-21-20-14(25-15)10(2)24-16(23)12-13(18)19-17-22(12)7-8-26-17/h3-8,10H,1-2H3/t10-/m1/s1. The maximum absolute atomic E-state index is 12.5. The number of rotatable bonds is 4. The lowest BCUT2D eigenvalue weighted by Gasteiger charge is -2.08. The van der Waals surface area contributed by atoms with Crippen LogP contribution in [0.5, 0.6) is 0 Å². The van der Waals surface area contributed by atoms with Gasteiger partial charge in [-0.1, -0.05) is 29.3 Å². The van der Waals surface area contributed by atoms with Gasteiger partial charge in [0.2, 0.25) is 5.89 Å². The molecule has 0 aliphatic carbocycles. The minimum Gasteiger partial charge on any atom is -0.448 e. The average Bonchev–Trinajstić information content (AvgIpc) is 3.30. The molecular formula is C17H13ClN4O3S. The summed E-state index contributed by atoms with van der Waals surface area (Å²) in [6.07, 6.45) is 0.983. The predicted molar refractivity (Wildman–Crippen MR) is 96.4 cm³/mol. The van der Waals surface area contributed by atoms with Crippen molar-refractivity contribution in [2.24, 2.45) is 0 Å². The van der Waals surface area contributed by atoms with Gasteiger partial charge < -0.3 is 9.15 Å². The van der Waals surface area contributed by atoms with Gasteiger partial charge >= 0.3 is 5.97 Å². The molecule has 26 heavy (non-hydrogen) atoms. The van der Waals surface area contributed by atoms with Crippen molar-refractivity contribution in [3.8, 4) is 11.5 Å². The van der Waals surface area contributed by atoms with E-state index in [1.807, 2.05) is 36.6 Å². The largest absolute Gasteiger partial charge is 0.448 e. The number of ether oxygens (including phenoxy) is 1. The third kappa shape index (κ3) is 2.97. The highest BCUT2D eigenvalue weighted by atomic mass is 35.5. The number of hydrogen-bond donors (Lipinski definition) is 0. The van der Waals surface area contributed by atoms with Crippen LogP contribution in [0, 0.1) is 6.92 Å². The molecule has 132 valence electrons. The lowest BCUT2D eigenvalue weighted by atomic mass is 10.1. The third-order valence-electron chi connectivity index (χ3n) is 3.78. The Bertz CT molecular complexity index is 1080. The lowest BCUT2D eigenvalue weighted by molar-refractivity contribution is 0.0272. The number of fused-ring (bicyclic) bond motifs is 1. The lowest BCUT2D eigenvalue weighted by Crippen LogP contribution is -2.12. The first-order chi connectivity index (χ1) is 12.5. The average molecular weight is 389 g/mol. The fraction of sp³-hybridized carbons (Fsp3) is 0.176. The van der Waals surface area contributed by atoms with E-state index < -0.39 is 12.1 Å². The molecular weight excluding hydrogens is 376 g/mol. The van der Waals surface area contributed by atoms with E-state index in [2.05, 4.69) is 15.2 Å². The van der Waals surface area contributed by atoms with Crippen LogP contribution in [0.4, 0.5) is 0 Å². The van der Waals surface area contributed by atoms with E-state index >= 15 is 0 Å². The van der Waals surface area contributed by atoms with Crippen LogP contribution in [0.2, 0.25) is 5.15 Å². The summed E-state index contributed by atoms with van der Waals surface area (Å²) in [7, 11) is 0. The highest BCUT2D eigenvalue weighted by molar-refractivity contribution is 7.15. The van der Waals surface area contributed by atoms with Crippen molar-refractivity contribution in [2.75, 3.05) is 0 Å². The van der Waals surface area contributed by atoms with Gasteiger partial charge in [-0.3, -0.25) is 4.40 Å². The van der Waals surface area contributed by atoms with Crippen LogP contribution in [-0.4, -0.2) is 25.6 Å². The van der Waals surface area contributed by atoms with E-state index in [9.17, 15) is 4.79 Å². The second-order valence-electron chi connectivity index (χ2n) is 5.67. The Morgan fingerprint density at radius 3 is 2.85 bits per heavy atom. The zero-order chi connectivity index (χ0) is 18.3. The van der Waals surface area contributed by atoms with E-state index in [-0.39, 0.29) is 16.7 Å². The zero-order valence-corrected chi connectivity index (χ0v) is 15.4. The molecule has 1 aromatic carbocycles. The van der Waals surface area contributed by atoms with Gasteiger partial charge in [-0.15, -0.1) is 21.5 Å². The van der Waals surface area contributed by atoms with Crippen molar-refractivity contribution in [1.82, 2.24) is 19.6 Å². The fourth-order valence-corrected chi connectivity index (χ4v) is 3.43. The molecule has 0 aliphatic rings. The normalized spacial score (nSPS) is 12.4. The Kier molecular flexibility index (Phi) is 4.21. The molecule has 0 unspecified atom stereocenters. The molecule has 0 bridgehead atoms. The second-order valence-corrected chi connectivity index (χ2v) is 6.90. The molecule has 0 radical (unpaired) electrons. The van der Waals surface area contributed by atoms with Crippen molar-refractivity contribution in [3.05, 3.63) is 58.1 Å². The number of benzene rings is 1. The summed E-state index contributed by atoms with van der Waals surface area (Å²) >= 11 is 7.43. The topological polar surface area (TPSA) is 82.5 Å². The smallest absolute Gasteiger partial charge is 0.359 e. The number of esters is 1.